The van der Waals surface area contributed by atoms with Crippen molar-refractivity contribution in [3.05, 3.63) is 51.8 Å². The van der Waals surface area contributed by atoms with E-state index in [-0.39, 0.29) is 17.2 Å². The summed E-state index contributed by atoms with van der Waals surface area (Å²) in [6.07, 6.45) is 2.27. The van der Waals surface area contributed by atoms with Crippen LogP contribution >= 0.6 is 0 Å². The molecule has 1 aromatic heterocycles. The maximum atomic E-state index is 12.0. The SMILES string of the molecule is O=[N+]([O-])c1c(N2CCN(CCO)CC2)ncnc1N1CCc2ccccc2C1. The molecule has 2 aromatic rings. The van der Waals surface area contributed by atoms with E-state index in [9.17, 15) is 10.1 Å². The quantitative estimate of drug-likeness (QED) is 0.604. The molecule has 4 rings (SSSR count). The largest absolute Gasteiger partial charge is 0.395 e. The standard InChI is InChI=1S/C19H24N6O3/c26-12-11-22-7-9-23(10-8-22)18-17(25(27)28)19(21-14-20-18)24-6-5-15-3-1-2-4-16(15)13-24/h1-4,14,26H,5-13H2. The first-order valence-corrected chi connectivity index (χ1v) is 9.56. The molecule has 0 aliphatic carbocycles. The first-order chi connectivity index (χ1) is 13.7. The lowest BCUT2D eigenvalue weighted by molar-refractivity contribution is -0.383. The molecular weight excluding hydrogens is 360 g/mol. The molecule has 0 amide bonds. The Morgan fingerprint density at radius 3 is 2.36 bits per heavy atom. The van der Waals surface area contributed by atoms with Crippen LogP contribution in [0.2, 0.25) is 0 Å². The Labute approximate surface area is 163 Å². The summed E-state index contributed by atoms with van der Waals surface area (Å²) in [6.45, 7) is 4.81. The number of aliphatic hydroxyl groups is 1. The Bertz CT molecular complexity index is 853. The molecule has 1 fully saturated rings. The first-order valence-electron chi connectivity index (χ1n) is 9.56. The number of nitro groups is 1. The van der Waals surface area contributed by atoms with Gasteiger partial charge < -0.3 is 14.9 Å². The van der Waals surface area contributed by atoms with E-state index in [4.69, 9.17) is 5.11 Å². The van der Waals surface area contributed by atoms with Gasteiger partial charge in [0.15, 0.2) is 0 Å². The van der Waals surface area contributed by atoms with Crippen LogP contribution in [0.3, 0.4) is 0 Å². The molecule has 148 valence electrons. The minimum atomic E-state index is -0.356. The normalized spacial score (nSPS) is 17.5. The van der Waals surface area contributed by atoms with Crippen molar-refractivity contribution in [3.8, 4) is 0 Å². The van der Waals surface area contributed by atoms with E-state index in [0.717, 1.165) is 19.5 Å². The highest BCUT2D eigenvalue weighted by Gasteiger charge is 2.32. The van der Waals surface area contributed by atoms with Gasteiger partial charge in [-0.25, -0.2) is 9.97 Å². The van der Waals surface area contributed by atoms with Crippen LogP contribution in [0, 0.1) is 10.1 Å². The molecule has 28 heavy (non-hydrogen) atoms. The fraction of sp³-hybridized carbons (Fsp3) is 0.474. The highest BCUT2D eigenvalue weighted by molar-refractivity contribution is 5.71. The van der Waals surface area contributed by atoms with Crippen molar-refractivity contribution < 1.29 is 10.0 Å². The maximum Gasteiger partial charge on any atom is 0.353 e. The molecule has 9 heteroatoms. The van der Waals surface area contributed by atoms with Crippen LogP contribution in [0.4, 0.5) is 17.3 Å². The zero-order valence-corrected chi connectivity index (χ0v) is 15.7. The van der Waals surface area contributed by atoms with Crippen molar-refractivity contribution in [2.45, 2.75) is 13.0 Å². The third-order valence-corrected chi connectivity index (χ3v) is 5.48. The summed E-state index contributed by atoms with van der Waals surface area (Å²) >= 11 is 0. The van der Waals surface area contributed by atoms with Gasteiger partial charge in [-0.2, -0.15) is 0 Å². The monoisotopic (exact) mass is 384 g/mol. The van der Waals surface area contributed by atoms with Crippen molar-refractivity contribution in [3.63, 3.8) is 0 Å². The third-order valence-electron chi connectivity index (χ3n) is 5.48. The van der Waals surface area contributed by atoms with E-state index in [1.807, 2.05) is 21.9 Å². The molecule has 0 radical (unpaired) electrons. The molecule has 0 saturated carbocycles. The molecule has 1 aromatic carbocycles. The Balaban J connectivity index is 1.61. The first kappa shape index (κ1) is 18.6. The van der Waals surface area contributed by atoms with Gasteiger partial charge >= 0.3 is 5.69 Å². The lowest BCUT2D eigenvalue weighted by Gasteiger charge is -2.35. The highest BCUT2D eigenvalue weighted by Crippen LogP contribution is 2.36. The average Bonchev–Trinajstić information content (AvgIpc) is 2.73. The van der Waals surface area contributed by atoms with Gasteiger partial charge in [0.05, 0.1) is 11.5 Å². The second-order valence-corrected chi connectivity index (χ2v) is 7.12. The van der Waals surface area contributed by atoms with Crippen molar-refractivity contribution in [2.24, 2.45) is 0 Å². The lowest BCUT2D eigenvalue weighted by Crippen LogP contribution is -2.47. The Kier molecular flexibility index (Phi) is 5.36. The second kappa shape index (κ2) is 8.07. The molecule has 3 heterocycles. The number of anilines is 2. The zero-order valence-electron chi connectivity index (χ0n) is 15.7. The van der Waals surface area contributed by atoms with Crippen molar-refractivity contribution in [2.75, 3.05) is 55.7 Å². The highest BCUT2D eigenvalue weighted by atomic mass is 16.6. The molecule has 0 spiro atoms. The van der Waals surface area contributed by atoms with Gasteiger partial charge in [-0.05, 0) is 17.5 Å². The molecule has 0 unspecified atom stereocenters. The number of aromatic nitrogens is 2. The Hall–Kier alpha value is -2.78. The molecule has 1 saturated heterocycles. The predicted octanol–water partition coefficient (Wildman–Crippen LogP) is 1.06. The molecular formula is C19H24N6O3. The number of hydrogen-bond donors (Lipinski definition) is 1. The number of fused-ring (bicyclic) bond motifs is 1. The van der Waals surface area contributed by atoms with Crippen molar-refractivity contribution in [1.29, 1.82) is 0 Å². The number of aliphatic hydroxyl groups excluding tert-OH is 1. The number of piperazine rings is 1. The van der Waals surface area contributed by atoms with Gasteiger partial charge in [-0.15, -0.1) is 0 Å². The fourth-order valence-corrected chi connectivity index (χ4v) is 3.99. The minimum absolute atomic E-state index is 0.0162. The summed E-state index contributed by atoms with van der Waals surface area (Å²) in [6, 6.07) is 8.19. The Morgan fingerprint density at radius 2 is 1.68 bits per heavy atom. The van der Waals surface area contributed by atoms with Gasteiger partial charge in [0, 0.05) is 45.8 Å². The van der Waals surface area contributed by atoms with Gasteiger partial charge in [0.1, 0.15) is 6.33 Å². The second-order valence-electron chi connectivity index (χ2n) is 7.12. The number of benzene rings is 1. The van der Waals surface area contributed by atoms with Gasteiger partial charge in [-0.1, -0.05) is 24.3 Å². The van der Waals surface area contributed by atoms with Crippen LogP contribution in [0.25, 0.3) is 0 Å². The molecule has 0 atom stereocenters. The summed E-state index contributed by atoms with van der Waals surface area (Å²) in [5.41, 5.74) is 2.45. The number of rotatable bonds is 5. The predicted molar refractivity (Wildman–Crippen MR) is 106 cm³/mol. The fourth-order valence-electron chi connectivity index (χ4n) is 3.99. The molecule has 2 aliphatic heterocycles. The zero-order chi connectivity index (χ0) is 19.5. The third kappa shape index (κ3) is 3.63. The van der Waals surface area contributed by atoms with Crippen molar-refractivity contribution >= 4 is 17.3 Å². The number of β-amino-alcohol motifs (C(OH)–C–C–N with tert-alkyl or cyclic N) is 1. The minimum Gasteiger partial charge on any atom is -0.395 e. The topological polar surface area (TPSA) is 98.9 Å². The van der Waals surface area contributed by atoms with Gasteiger partial charge in [-0.3, -0.25) is 15.0 Å². The molecule has 9 nitrogen and oxygen atoms in total. The average molecular weight is 384 g/mol. The number of nitrogens with zero attached hydrogens (tertiary/aromatic N) is 6. The van der Waals surface area contributed by atoms with E-state index in [1.165, 1.54) is 17.5 Å². The van der Waals surface area contributed by atoms with E-state index in [2.05, 4.69) is 27.0 Å². The van der Waals surface area contributed by atoms with Crippen LogP contribution in [0.5, 0.6) is 0 Å². The summed E-state index contributed by atoms with van der Waals surface area (Å²) in [5.74, 6) is 0.778. The maximum absolute atomic E-state index is 12.0. The lowest BCUT2D eigenvalue weighted by atomic mass is 10.00. The van der Waals surface area contributed by atoms with E-state index < -0.39 is 0 Å². The van der Waals surface area contributed by atoms with E-state index in [0.29, 0.717) is 44.4 Å². The van der Waals surface area contributed by atoms with Crippen LogP contribution in [-0.2, 0) is 13.0 Å². The molecule has 2 aliphatic rings. The van der Waals surface area contributed by atoms with Gasteiger partial charge in [0.2, 0.25) is 11.6 Å². The van der Waals surface area contributed by atoms with Crippen LogP contribution in [0.15, 0.2) is 30.6 Å². The molecule has 1 N–H and O–H groups in total. The number of hydrogen-bond acceptors (Lipinski definition) is 8. The summed E-state index contributed by atoms with van der Waals surface area (Å²) in [7, 11) is 0. The smallest absolute Gasteiger partial charge is 0.353 e. The van der Waals surface area contributed by atoms with Crippen LogP contribution < -0.4 is 9.80 Å². The van der Waals surface area contributed by atoms with Gasteiger partial charge in [0.25, 0.3) is 0 Å². The van der Waals surface area contributed by atoms with Crippen LogP contribution in [0.1, 0.15) is 11.1 Å². The van der Waals surface area contributed by atoms with Crippen LogP contribution in [-0.4, -0.2) is 70.8 Å². The van der Waals surface area contributed by atoms with E-state index in [1.54, 1.807) is 0 Å². The Morgan fingerprint density at radius 1 is 1.00 bits per heavy atom. The molecule has 0 bridgehead atoms. The van der Waals surface area contributed by atoms with Crippen molar-refractivity contribution in [1.82, 2.24) is 14.9 Å². The summed E-state index contributed by atoms with van der Waals surface area (Å²) < 4.78 is 0. The summed E-state index contributed by atoms with van der Waals surface area (Å²) in [4.78, 5) is 26.3. The summed E-state index contributed by atoms with van der Waals surface area (Å²) in [5, 5.41) is 21.1. The van der Waals surface area contributed by atoms with E-state index >= 15 is 0 Å².